The lowest BCUT2D eigenvalue weighted by atomic mass is 10.1. The molecule has 0 N–H and O–H groups in total. The van der Waals surface area contributed by atoms with Gasteiger partial charge in [0.1, 0.15) is 5.75 Å². The van der Waals surface area contributed by atoms with Crippen molar-refractivity contribution in [3.8, 4) is 17.2 Å². The van der Waals surface area contributed by atoms with Gasteiger partial charge < -0.3 is 14.1 Å². The van der Waals surface area contributed by atoms with Crippen LogP contribution in [0.5, 0.6) is 5.75 Å². The molecule has 0 bridgehead atoms. The zero-order chi connectivity index (χ0) is 16.8. The summed E-state index contributed by atoms with van der Waals surface area (Å²) in [6.07, 6.45) is 3.41. The third-order valence-corrected chi connectivity index (χ3v) is 4.65. The molecular formula is C17H21N3O3S. The van der Waals surface area contributed by atoms with Gasteiger partial charge in [-0.2, -0.15) is 0 Å². The maximum atomic E-state index is 12.1. The van der Waals surface area contributed by atoms with E-state index < -0.39 is 0 Å². The first-order valence-corrected chi connectivity index (χ1v) is 9.22. The second-order valence-electron chi connectivity index (χ2n) is 5.56. The standard InChI is InChI=1S/C17H21N3O3S/c1-2-22-14-8-6-13(7-9-14)16-18-19-17(23-16)24-12-15(21)20-10-4-3-5-11-20/h6-9H,2-5,10-12H2,1H3. The number of ether oxygens (including phenoxy) is 1. The lowest BCUT2D eigenvalue weighted by Crippen LogP contribution is -2.36. The van der Waals surface area contributed by atoms with Crippen molar-refractivity contribution in [1.82, 2.24) is 15.1 Å². The van der Waals surface area contributed by atoms with E-state index in [9.17, 15) is 4.79 Å². The maximum absolute atomic E-state index is 12.1. The molecule has 0 atom stereocenters. The van der Waals surface area contributed by atoms with Crippen molar-refractivity contribution in [3.63, 3.8) is 0 Å². The van der Waals surface area contributed by atoms with Crippen LogP contribution in [0, 0.1) is 0 Å². The fourth-order valence-electron chi connectivity index (χ4n) is 2.60. The van der Waals surface area contributed by atoms with E-state index >= 15 is 0 Å². The summed E-state index contributed by atoms with van der Waals surface area (Å²) in [6.45, 7) is 4.30. The number of thioether (sulfide) groups is 1. The Morgan fingerprint density at radius 3 is 2.67 bits per heavy atom. The average Bonchev–Trinajstić information content (AvgIpc) is 3.10. The zero-order valence-electron chi connectivity index (χ0n) is 13.7. The predicted octanol–water partition coefficient (Wildman–Crippen LogP) is 3.24. The van der Waals surface area contributed by atoms with Gasteiger partial charge in [-0.3, -0.25) is 4.79 Å². The molecule has 2 aromatic rings. The summed E-state index contributed by atoms with van der Waals surface area (Å²) < 4.78 is 11.0. The highest BCUT2D eigenvalue weighted by Crippen LogP contribution is 2.25. The summed E-state index contributed by atoms with van der Waals surface area (Å²) in [5, 5.41) is 8.48. The number of amides is 1. The second kappa shape index (κ2) is 8.19. The van der Waals surface area contributed by atoms with Gasteiger partial charge in [0, 0.05) is 18.7 Å². The highest BCUT2D eigenvalue weighted by molar-refractivity contribution is 7.99. The molecule has 2 heterocycles. The number of hydrogen-bond donors (Lipinski definition) is 0. The molecule has 128 valence electrons. The van der Waals surface area contributed by atoms with Gasteiger partial charge in [-0.15, -0.1) is 10.2 Å². The molecule has 1 aliphatic rings. The molecule has 1 fully saturated rings. The van der Waals surface area contributed by atoms with E-state index in [0.29, 0.717) is 23.5 Å². The van der Waals surface area contributed by atoms with Gasteiger partial charge in [0.05, 0.1) is 12.4 Å². The molecule has 0 aliphatic carbocycles. The van der Waals surface area contributed by atoms with Crippen LogP contribution in [0.25, 0.3) is 11.5 Å². The number of likely N-dealkylation sites (tertiary alicyclic amines) is 1. The molecule has 6 nitrogen and oxygen atoms in total. The van der Waals surface area contributed by atoms with Crippen LogP contribution in [-0.4, -0.2) is 46.5 Å². The fourth-order valence-corrected chi connectivity index (χ4v) is 3.27. The summed E-state index contributed by atoms with van der Waals surface area (Å²) in [4.78, 5) is 14.1. The van der Waals surface area contributed by atoms with Gasteiger partial charge in [-0.1, -0.05) is 11.8 Å². The Bertz CT molecular complexity index is 666. The van der Waals surface area contributed by atoms with Gasteiger partial charge >= 0.3 is 0 Å². The minimum absolute atomic E-state index is 0.139. The molecule has 24 heavy (non-hydrogen) atoms. The van der Waals surface area contributed by atoms with Crippen molar-refractivity contribution in [1.29, 1.82) is 0 Å². The SMILES string of the molecule is CCOc1ccc(-c2nnc(SCC(=O)N3CCCCC3)o2)cc1. The lowest BCUT2D eigenvalue weighted by molar-refractivity contribution is -0.129. The van der Waals surface area contributed by atoms with Crippen LogP contribution in [0.2, 0.25) is 0 Å². The molecule has 1 saturated heterocycles. The summed E-state index contributed by atoms with van der Waals surface area (Å²) in [5.74, 6) is 1.74. The number of nitrogens with zero attached hydrogens (tertiary/aromatic N) is 3. The molecule has 0 unspecified atom stereocenters. The van der Waals surface area contributed by atoms with E-state index in [1.807, 2.05) is 36.1 Å². The first-order valence-electron chi connectivity index (χ1n) is 8.23. The minimum atomic E-state index is 0.139. The first-order chi connectivity index (χ1) is 11.8. The molecule has 3 rings (SSSR count). The van der Waals surface area contributed by atoms with Gasteiger partial charge in [0.25, 0.3) is 5.22 Å². The van der Waals surface area contributed by atoms with Crippen molar-refractivity contribution in [3.05, 3.63) is 24.3 Å². The molecule has 1 amide bonds. The van der Waals surface area contributed by atoms with Gasteiger partial charge in [-0.05, 0) is 50.5 Å². The van der Waals surface area contributed by atoms with E-state index in [4.69, 9.17) is 9.15 Å². The molecule has 1 aromatic carbocycles. The largest absolute Gasteiger partial charge is 0.494 e. The number of piperidine rings is 1. The quantitative estimate of drug-likeness (QED) is 0.747. The van der Waals surface area contributed by atoms with Crippen LogP contribution in [0.15, 0.2) is 33.9 Å². The number of hydrogen-bond acceptors (Lipinski definition) is 6. The number of carbonyl (C=O) groups is 1. The van der Waals surface area contributed by atoms with Crippen molar-refractivity contribution in [2.45, 2.75) is 31.4 Å². The van der Waals surface area contributed by atoms with E-state index in [2.05, 4.69) is 10.2 Å². The van der Waals surface area contributed by atoms with Gasteiger partial charge in [-0.25, -0.2) is 0 Å². The Balaban J connectivity index is 1.56. The normalized spacial score (nSPS) is 14.6. The Morgan fingerprint density at radius 2 is 1.96 bits per heavy atom. The summed E-state index contributed by atoms with van der Waals surface area (Å²) in [5.41, 5.74) is 0.833. The van der Waals surface area contributed by atoms with E-state index in [1.54, 1.807) is 0 Å². The summed E-state index contributed by atoms with van der Waals surface area (Å²) >= 11 is 1.29. The predicted molar refractivity (Wildman–Crippen MR) is 92.1 cm³/mol. The average molecular weight is 347 g/mol. The first kappa shape index (κ1) is 16.8. The van der Waals surface area contributed by atoms with Crippen molar-refractivity contribution in [2.24, 2.45) is 0 Å². The van der Waals surface area contributed by atoms with Crippen LogP contribution >= 0.6 is 11.8 Å². The van der Waals surface area contributed by atoms with Crippen LogP contribution in [0.4, 0.5) is 0 Å². The van der Waals surface area contributed by atoms with Crippen LogP contribution < -0.4 is 4.74 Å². The summed E-state index contributed by atoms with van der Waals surface area (Å²) in [6, 6.07) is 7.50. The third kappa shape index (κ3) is 4.29. The van der Waals surface area contributed by atoms with Crippen LogP contribution in [0.1, 0.15) is 26.2 Å². The van der Waals surface area contributed by atoms with Crippen LogP contribution in [-0.2, 0) is 4.79 Å². The Labute approximate surface area is 145 Å². The van der Waals surface area contributed by atoms with E-state index in [0.717, 1.165) is 37.2 Å². The molecule has 1 aliphatic heterocycles. The highest BCUT2D eigenvalue weighted by Gasteiger charge is 2.18. The Morgan fingerprint density at radius 1 is 1.21 bits per heavy atom. The molecule has 0 radical (unpaired) electrons. The molecule has 0 saturated carbocycles. The van der Waals surface area contributed by atoms with Gasteiger partial charge in [0.2, 0.25) is 11.8 Å². The minimum Gasteiger partial charge on any atom is -0.494 e. The van der Waals surface area contributed by atoms with Gasteiger partial charge in [0.15, 0.2) is 0 Å². The van der Waals surface area contributed by atoms with Crippen molar-refractivity contribution in [2.75, 3.05) is 25.4 Å². The lowest BCUT2D eigenvalue weighted by Gasteiger charge is -2.26. The Kier molecular flexibility index (Phi) is 5.74. The summed E-state index contributed by atoms with van der Waals surface area (Å²) in [7, 11) is 0. The third-order valence-electron chi connectivity index (χ3n) is 3.85. The van der Waals surface area contributed by atoms with E-state index in [1.165, 1.54) is 18.2 Å². The van der Waals surface area contributed by atoms with Crippen molar-refractivity contribution >= 4 is 17.7 Å². The monoisotopic (exact) mass is 347 g/mol. The smallest absolute Gasteiger partial charge is 0.277 e. The number of carbonyl (C=O) groups excluding carboxylic acids is 1. The number of aromatic nitrogens is 2. The highest BCUT2D eigenvalue weighted by atomic mass is 32.2. The Hall–Kier alpha value is -2.02. The molecule has 1 aromatic heterocycles. The fraction of sp³-hybridized carbons (Fsp3) is 0.471. The zero-order valence-corrected chi connectivity index (χ0v) is 14.6. The maximum Gasteiger partial charge on any atom is 0.277 e. The van der Waals surface area contributed by atoms with E-state index in [-0.39, 0.29) is 5.91 Å². The van der Waals surface area contributed by atoms with Crippen LogP contribution in [0.3, 0.4) is 0 Å². The number of rotatable bonds is 6. The van der Waals surface area contributed by atoms with Crippen molar-refractivity contribution < 1.29 is 13.9 Å². The topological polar surface area (TPSA) is 68.5 Å². The number of benzene rings is 1. The second-order valence-corrected chi connectivity index (χ2v) is 6.49. The molecule has 0 spiro atoms. The molecular weight excluding hydrogens is 326 g/mol. The molecule has 7 heteroatoms.